The van der Waals surface area contributed by atoms with E-state index in [4.69, 9.17) is 24.6 Å². The van der Waals surface area contributed by atoms with Gasteiger partial charge in [-0.05, 0) is 44.8 Å². The molecule has 41 heavy (non-hydrogen) atoms. The average molecular weight is 528 g/mol. The molecule has 0 saturated carbocycles. The minimum atomic E-state index is 0.532. The molecule has 6 heteroatoms. The van der Waals surface area contributed by atoms with E-state index in [1.807, 2.05) is 72.8 Å². The number of aromatic nitrogens is 3. The van der Waals surface area contributed by atoms with Crippen LogP contribution in [0.1, 0.15) is 0 Å². The van der Waals surface area contributed by atoms with Crippen molar-refractivity contribution in [3.8, 4) is 51.0 Å². The zero-order chi connectivity index (χ0) is 27.6. The van der Waals surface area contributed by atoms with E-state index in [0.29, 0.717) is 30.9 Å². The molecule has 7 aromatic rings. The Morgan fingerprint density at radius 3 is 1.95 bits per heavy atom. The lowest BCUT2D eigenvalue weighted by Gasteiger charge is -2.14. The largest absolute Gasteiger partial charge is 0.569 e. The Labute approximate surface area is 238 Å². The SMILES string of the molecule is O[B]Oc1cccc(-c2ccccc2-c2nc(-c3ccccc3)nc(-c3cccc4c3ccc3ccccc34)n2)c1. The van der Waals surface area contributed by atoms with Crippen molar-refractivity contribution in [3.63, 3.8) is 0 Å². The zero-order valence-electron chi connectivity index (χ0n) is 22.0. The predicted molar refractivity (Wildman–Crippen MR) is 165 cm³/mol. The van der Waals surface area contributed by atoms with Crippen molar-refractivity contribution in [3.05, 3.63) is 133 Å². The lowest BCUT2D eigenvalue weighted by Crippen LogP contribution is -2.02. The summed E-state index contributed by atoms with van der Waals surface area (Å²) in [4.78, 5) is 15.0. The molecule has 7 rings (SSSR count). The minimum absolute atomic E-state index is 0.532. The van der Waals surface area contributed by atoms with Gasteiger partial charge in [-0.3, -0.25) is 0 Å². The Kier molecular flexibility index (Phi) is 6.43. The first-order valence-corrected chi connectivity index (χ1v) is 13.3. The van der Waals surface area contributed by atoms with Crippen LogP contribution < -0.4 is 4.65 Å². The summed E-state index contributed by atoms with van der Waals surface area (Å²) in [7, 11) is 0.683. The van der Waals surface area contributed by atoms with Crippen molar-refractivity contribution in [2.45, 2.75) is 0 Å². The van der Waals surface area contributed by atoms with Crippen molar-refractivity contribution >= 4 is 29.2 Å². The molecular weight excluding hydrogens is 505 g/mol. The van der Waals surface area contributed by atoms with Gasteiger partial charge in [0.1, 0.15) is 5.75 Å². The van der Waals surface area contributed by atoms with Gasteiger partial charge in [-0.25, -0.2) is 15.0 Å². The van der Waals surface area contributed by atoms with Gasteiger partial charge in [0.2, 0.25) is 0 Å². The summed E-state index contributed by atoms with van der Waals surface area (Å²) < 4.78 is 5.23. The van der Waals surface area contributed by atoms with Crippen LogP contribution in [0, 0.1) is 0 Å². The van der Waals surface area contributed by atoms with Crippen molar-refractivity contribution < 1.29 is 9.68 Å². The van der Waals surface area contributed by atoms with Crippen molar-refractivity contribution in [1.82, 2.24) is 15.0 Å². The lowest BCUT2D eigenvalue weighted by atomic mass is 9.97. The topological polar surface area (TPSA) is 68.1 Å². The number of benzene rings is 6. The van der Waals surface area contributed by atoms with Gasteiger partial charge >= 0.3 is 7.69 Å². The number of hydrogen-bond acceptors (Lipinski definition) is 5. The van der Waals surface area contributed by atoms with E-state index < -0.39 is 0 Å². The molecule has 193 valence electrons. The fraction of sp³-hybridized carbons (Fsp3) is 0. The molecule has 6 aromatic carbocycles. The number of hydrogen-bond donors (Lipinski definition) is 1. The summed E-state index contributed by atoms with van der Waals surface area (Å²) in [5.41, 5.74) is 4.58. The van der Waals surface area contributed by atoms with Crippen LogP contribution in [-0.4, -0.2) is 27.7 Å². The first-order chi connectivity index (χ1) is 20.3. The summed E-state index contributed by atoms with van der Waals surface area (Å²) in [6, 6.07) is 44.5. The normalized spacial score (nSPS) is 11.0. The number of rotatable bonds is 6. The quantitative estimate of drug-likeness (QED) is 0.177. The van der Waals surface area contributed by atoms with Crippen molar-refractivity contribution in [2.75, 3.05) is 0 Å². The summed E-state index contributed by atoms with van der Waals surface area (Å²) in [5.74, 6) is 2.31. The second-order valence-corrected chi connectivity index (χ2v) is 9.66. The Morgan fingerprint density at radius 1 is 0.463 bits per heavy atom. The van der Waals surface area contributed by atoms with E-state index in [1.165, 1.54) is 10.8 Å². The highest BCUT2D eigenvalue weighted by Crippen LogP contribution is 2.36. The standard InChI is InChI=1S/C35H23BN3O2/c40-36-41-26-14-8-13-25(22-26)28-16-6-7-17-31(28)34-37-33(24-11-2-1-3-12-24)38-35(39-34)32-19-9-18-29-27-15-5-4-10-23(27)20-21-30(29)32/h1-22,40H. The van der Waals surface area contributed by atoms with Gasteiger partial charge in [-0.2, -0.15) is 0 Å². The first-order valence-electron chi connectivity index (χ1n) is 13.3. The van der Waals surface area contributed by atoms with E-state index in [2.05, 4.69) is 54.6 Å². The number of fused-ring (bicyclic) bond motifs is 3. The molecule has 0 unspecified atom stereocenters. The van der Waals surface area contributed by atoms with Gasteiger partial charge in [0, 0.05) is 16.7 Å². The fourth-order valence-electron chi connectivity index (χ4n) is 5.30. The molecule has 0 bridgehead atoms. The maximum absolute atomic E-state index is 9.15. The maximum atomic E-state index is 9.15. The molecule has 1 N–H and O–H groups in total. The molecule has 0 aliphatic carbocycles. The Hall–Kier alpha value is -5.33. The first kappa shape index (κ1) is 24.7. The van der Waals surface area contributed by atoms with E-state index in [9.17, 15) is 0 Å². The smallest absolute Gasteiger partial charge is 0.537 e. The molecule has 1 aromatic heterocycles. The molecule has 0 fully saturated rings. The zero-order valence-corrected chi connectivity index (χ0v) is 22.0. The highest BCUT2D eigenvalue weighted by atomic mass is 16.5. The summed E-state index contributed by atoms with van der Waals surface area (Å²) in [5, 5.41) is 13.8. The lowest BCUT2D eigenvalue weighted by molar-refractivity contribution is 0.454. The molecule has 1 heterocycles. The van der Waals surface area contributed by atoms with Crippen LogP contribution in [0.5, 0.6) is 5.75 Å². The third kappa shape index (κ3) is 4.71. The van der Waals surface area contributed by atoms with Gasteiger partial charge in [-0.15, -0.1) is 0 Å². The van der Waals surface area contributed by atoms with Crippen molar-refractivity contribution in [1.29, 1.82) is 0 Å². The molecular formula is C35H23BN3O2. The van der Waals surface area contributed by atoms with Crippen LogP contribution in [0.2, 0.25) is 0 Å². The van der Waals surface area contributed by atoms with Gasteiger partial charge < -0.3 is 9.68 Å². The minimum Gasteiger partial charge on any atom is -0.537 e. The van der Waals surface area contributed by atoms with E-state index >= 15 is 0 Å². The van der Waals surface area contributed by atoms with Gasteiger partial charge in [0.15, 0.2) is 17.5 Å². The van der Waals surface area contributed by atoms with Crippen LogP contribution in [0.4, 0.5) is 0 Å². The predicted octanol–water partition coefficient (Wildman–Crippen LogP) is 7.75. The molecule has 0 atom stereocenters. The van der Waals surface area contributed by atoms with E-state index in [-0.39, 0.29) is 0 Å². The summed E-state index contributed by atoms with van der Waals surface area (Å²) in [6.07, 6.45) is 0. The summed E-state index contributed by atoms with van der Waals surface area (Å²) >= 11 is 0. The fourth-order valence-corrected chi connectivity index (χ4v) is 5.30. The molecule has 0 aliphatic heterocycles. The number of nitrogens with zero attached hydrogens (tertiary/aromatic N) is 3. The van der Waals surface area contributed by atoms with Crippen LogP contribution in [-0.2, 0) is 0 Å². The Morgan fingerprint density at radius 2 is 1.10 bits per heavy atom. The third-order valence-corrected chi connectivity index (χ3v) is 7.20. The van der Waals surface area contributed by atoms with Gasteiger partial charge in [0.25, 0.3) is 0 Å². The van der Waals surface area contributed by atoms with Crippen LogP contribution in [0.15, 0.2) is 133 Å². The third-order valence-electron chi connectivity index (χ3n) is 7.20. The second kappa shape index (κ2) is 10.7. The molecule has 5 nitrogen and oxygen atoms in total. The highest BCUT2D eigenvalue weighted by molar-refractivity contribution is 6.17. The summed E-state index contributed by atoms with van der Waals surface area (Å²) in [6.45, 7) is 0. The van der Waals surface area contributed by atoms with E-state index in [0.717, 1.165) is 38.6 Å². The second-order valence-electron chi connectivity index (χ2n) is 9.66. The molecule has 0 saturated heterocycles. The molecule has 0 aliphatic rings. The van der Waals surface area contributed by atoms with Gasteiger partial charge in [-0.1, -0.05) is 121 Å². The monoisotopic (exact) mass is 528 g/mol. The van der Waals surface area contributed by atoms with E-state index in [1.54, 1.807) is 6.07 Å². The molecule has 1 radical (unpaired) electrons. The Balaban J connectivity index is 1.46. The van der Waals surface area contributed by atoms with Crippen LogP contribution >= 0.6 is 0 Å². The van der Waals surface area contributed by atoms with Crippen LogP contribution in [0.25, 0.3) is 66.8 Å². The Bertz CT molecular complexity index is 2030. The maximum Gasteiger partial charge on any atom is 0.569 e. The molecule has 0 amide bonds. The molecule has 0 spiro atoms. The van der Waals surface area contributed by atoms with Gasteiger partial charge in [0.05, 0.1) is 0 Å². The van der Waals surface area contributed by atoms with Crippen molar-refractivity contribution in [2.24, 2.45) is 0 Å². The van der Waals surface area contributed by atoms with Crippen LogP contribution in [0.3, 0.4) is 0 Å². The highest BCUT2D eigenvalue weighted by Gasteiger charge is 2.17. The average Bonchev–Trinajstić information content (AvgIpc) is 3.05.